The predicted molar refractivity (Wildman–Crippen MR) is 164 cm³/mol. The number of aryl methyl sites for hydroxylation is 1. The van der Waals surface area contributed by atoms with Crippen LogP contribution in [-0.4, -0.2) is 83.2 Å². The number of ether oxygens (including phenoxy) is 2. The van der Waals surface area contributed by atoms with Gasteiger partial charge < -0.3 is 35.3 Å². The summed E-state index contributed by atoms with van der Waals surface area (Å²) in [6.07, 6.45) is 4.24. The molecule has 0 spiro atoms. The molecule has 0 atom stereocenters. The number of hydrogen-bond donors (Lipinski definition) is 3. The number of nitrogens with one attached hydrogen (secondary N) is 2. The summed E-state index contributed by atoms with van der Waals surface area (Å²) in [7, 11) is 0. The number of pyridine rings is 1. The van der Waals surface area contributed by atoms with Crippen LogP contribution in [0, 0.1) is 6.92 Å². The van der Waals surface area contributed by atoms with Crippen LogP contribution in [0.2, 0.25) is 0 Å². The minimum Gasteiger partial charge on any atom is -0.444 e. The number of benzene rings is 1. The number of carbonyl (C=O) groups excluding carboxylic acids is 2. The molecule has 0 bridgehead atoms. The molecule has 4 N–H and O–H groups in total. The van der Waals surface area contributed by atoms with E-state index in [2.05, 4.69) is 22.2 Å². The number of amidine groups is 1. The largest absolute Gasteiger partial charge is 0.444 e. The zero-order valence-corrected chi connectivity index (χ0v) is 25.4. The molecule has 0 aliphatic carbocycles. The number of amides is 2. The number of aromatic nitrogens is 1. The molecule has 1 aromatic heterocycles. The highest BCUT2D eigenvalue weighted by Gasteiger charge is 2.36. The van der Waals surface area contributed by atoms with E-state index >= 15 is 0 Å². The maximum Gasteiger partial charge on any atom is 0.410 e. The molecule has 0 unspecified atom stereocenters. The number of carbonyl (C=O) groups is 2. The minimum absolute atomic E-state index is 0.0323. The van der Waals surface area contributed by atoms with Crippen molar-refractivity contribution in [3.63, 3.8) is 0 Å². The fourth-order valence-electron chi connectivity index (χ4n) is 5.41. The Balaban J connectivity index is 1.52. The lowest BCUT2D eigenvalue weighted by atomic mass is 9.84. The second-order valence-electron chi connectivity index (χ2n) is 12.1. The van der Waals surface area contributed by atoms with Gasteiger partial charge in [-0.05, 0) is 83.2 Å². The Labute approximate surface area is 247 Å². The predicted octanol–water partition coefficient (Wildman–Crippen LogP) is 4.17. The van der Waals surface area contributed by atoms with Crippen LogP contribution in [0.4, 0.5) is 16.2 Å². The van der Waals surface area contributed by atoms with E-state index in [-0.39, 0.29) is 34.5 Å². The van der Waals surface area contributed by atoms with Gasteiger partial charge in [0.1, 0.15) is 17.0 Å². The maximum absolute atomic E-state index is 13.1. The van der Waals surface area contributed by atoms with E-state index in [0.29, 0.717) is 69.2 Å². The Morgan fingerprint density at radius 1 is 1.12 bits per heavy atom. The summed E-state index contributed by atoms with van der Waals surface area (Å²) in [6, 6.07) is 7.09. The SMILES string of the molecule is CCC1(Nc2cc[nH]c(=O)c2C(N)=Nc2ccc(C(=O)N3CCCOCC3)c(C)c2)CCN(C(=O)OC(C)(C)C)CC1. The van der Waals surface area contributed by atoms with Gasteiger partial charge in [0.05, 0.1) is 18.0 Å². The molecule has 2 saturated heterocycles. The molecular weight excluding hydrogens is 536 g/mol. The van der Waals surface area contributed by atoms with Crippen molar-refractivity contribution >= 4 is 29.2 Å². The molecule has 228 valence electrons. The zero-order valence-electron chi connectivity index (χ0n) is 25.4. The molecule has 3 heterocycles. The van der Waals surface area contributed by atoms with E-state index in [1.807, 2.05) is 32.6 Å². The van der Waals surface area contributed by atoms with Gasteiger partial charge in [0.15, 0.2) is 0 Å². The van der Waals surface area contributed by atoms with Gasteiger partial charge in [-0.3, -0.25) is 9.59 Å². The smallest absolute Gasteiger partial charge is 0.410 e. The van der Waals surface area contributed by atoms with E-state index < -0.39 is 5.60 Å². The van der Waals surface area contributed by atoms with Crippen molar-refractivity contribution in [1.29, 1.82) is 0 Å². The lowest BCUT2D eigenvalue weighted by molar-refractivity contribution is 0.0176. The average molecular weight is 581 g/mol. The number of aliphatic imine (C=N–C) groups is 1. The summed E-state index contributed by atoms with van der Waals surface area (Å²) in [5.74, 6) is 0.0370. The van der Waals surface area contributed by atoms with Gasteiger partial charge in [-0.25, -0.2) is 9.79 Å². The average Bonchev–Trinajstić information content (AvgIpc) is 3.22. The fraction of sp³-hybridized carbons (Fsp3) is 0.548. The zero-order chi connectivity index (χ0) is 30.5. The molecule has 2 aliphatic heterocycles. The topological polar surface area (TPSA) is 142 Å². The summed E-state index contributed by atoms with van der Waals surface area (Å²) in [6.45, 7) is 13.0. The van der Waals surface area contributed by atoms with Gasteiger partial charge in [-0.2, -0.15) is 0 Å². The van der Waals surface area contributed by atoms with Gasteiger partial charge in [-0.1, -0.05) is 6.92 Å². The number of anilines is 1. The normalized spacial score (nSPS) is 17.9. The molecule has 2 aliphatic rings. The molecule has 11 heteroatoms. The third-order valence-electron chi connectivity index (χ3n) is 7.87. The minimum atomic E-state index is -0.554. The first-order valence-corrected chi connectivity index (χ1v) is 14.7. The lowest BCUT2D eigenvalue weighted by Gasteiger charge is -2.43. The number of aromatic amines is 1. The van der Waals surface area contributed by atoms with Gasteiger partial charge >= 0.3 is 6.09 Å². The molecule has 1 aromatic carbocycles. The standard InChI is InChI=1S/C31H44N6O5/c1-6-31(11-15-37(16-12-31)29(40)42-30(3,4)5)35-24-10-13-33-27(38)25(24)26(32)34-22-8-9-23(21(2)20-22)28(39)36-14-7-18-41-19-17-36/h8-10,13,20H,6-7,11-12,14-19H2,1-5H3,(H2,32,34)(H2,33,35,38). The Hall–Kier alpha value is -3.86. The molecule has 2 aromatic rings. The van der Waals surface area contributed by atoms with Crippen LogP contribution in [-0.2, 0) is 9.47 Å². The van der Waals surface area contributed by atoms with Crippen LogP contribution < -0.4 is 16.6 Å². The van der Waals surface area contributed by atoms with Crippen molar-refractivity contribution in [2.24, 2.45) is 10.7 Å². The molecule has 11 nitrogen and oxygen atoms in total. The number of likely N-dealkylation sites (tertiary alicyclic amines) is 1. The number of rotatable bonds is 6. The Morgan fingerprint density at radius 2 is 1.86 bits per heavy atom. The van der Waals surface area contributed by atoms with E-state index in [9.17, 15) is 14.4 Å². The van der Waals surface area contributed by atoms with Crippen LogP contribution in [0.3, 0.4) is 0 Å². The van der Waals surface area contributed by atoms with Crippen molar-refractivity contribution in [1.82, 2.24) is 14.8 Å². The Bertz CT molecular complexity index is 1360. The van der Waals surface area contributed by atoms with Crippen LogP contribution >= 0.6 is 0 Å². The molecule has 2 fully saturated rings. The van der Waals surface area contributed by atoms with E-state index in [0.717, 1.165) is 18.4 Å². The second kappa shape index (κ2) is 13.0. The van der Waals surface area contributed by atoms with Gasteiger partial charge in [0, 0.05) is 50.1 Å². The first kappa shape index (κ1) is 31.1. The van der Waals surface area contributed by atoms with E-state index in [1.165, 1.54) is 0 Å². The van der Waals surface area contributed by atoms with Crippen molar-refractivity contribution in [2.75, 3.05) is 44.7 Å². The summed E-state index contributed by atoms with van der Waals surface area (Å²) < 4.78 is 11.0. The quantitative estimate of drug-likeness (QED) is 0.344. The van der Waals surface area contributed by atoms with Crippen LogP contribution in [0.5, 0.6) is 0 Å². The second-order valence-corrected chi connectivity index (χ2v) is 12.1. The number of nitrogens with two attached hydrogens (primary N) is 1. The highest BCUT2D eigenvalue weighted by molar-refractivity contribution is 6.03. The van der Waals surface area contributed by atoms with Crippen molar-refractivity contribution < 1.29 is 19.1 Å². The summed E-state index contributed by atoms with van der Waals surface area (Å²) in [5.41, 5.74) is 7.98. The molecule has 0 saturated carbocycles. The number of piperidine rings is 1. The Kier molecular flexibility index (Phi) is 9.60. The number of hydrogen-bond acceptors (Lipinski definition) is 7. The monoisotopic (exact) mass is 580 g/mol. The summed E-state index contributed by atoms with van der Waals surface area (Å²) >= 11 is 0. The van der Waals surface area contributed by atoms with E-state index in [1.54, 1.807) is 35.4 Å². The summed E-state index contributed by atoms with van der Waals surface area (Å²) in [4.78, 5) is 49.5. The molecule has 4 rings (SSSR count). The molecular formula is C31H44N6O5. The maximum atomic E-state index is 13.1. The van der Waals surface area contributed by atoms with Gasteiger partial charge in [0.25, 0.3) is 11.5 Å². The van der Waals surface area contributed by atoms with Crippen LogP contribution in [0.25, 0.3) is 0 Å². The van der Waals surface area contributed by atoms with Gasteiger partial charge in [-0.15, -0.1) is 0 Å². The lowest BCUT2D eigenvalue weighted by Crippen LogP contribution is -2.51. The van der Waals surface area contributed by atoms with Crippen molar-refractivity contribution in [3.8, 4) is 0 Å². The Morgan fingerprint density at radius 3 is 2.52 bits per heavy atom. The first-order chi connectivity index (χ1) is 19.9. The van der Waals surface area contributed by atoms with Crippen molar-refractivity contribution in [3.05, 3.63) is 57.5 Å². The van der Waals surface area contributed by atoms with E-state index in [4.69, 9.17) is 15.2 Å². The third kappa shape index (κ3) is 7.50. The summed E-state index contributed by atoms with van der Waals surface area (Å²) in [5, 5.41) is 3.58. The first-order valence-electron chi connectivity index (χ1n) is 14.7. The fourth-order valence-corrected chi connectivity index (χ4v) is 5.41. The van der Waals surface area contributed by atoms with Crippen molar-refractivity contribution in [2.45, 2.75) is 71.4 Å². The molecule has 2 amide bonds. The molecule has 0 radical (unpaired) electrons. The number of nitrogens with zero attached hydrogens (tertiary/aromatic N) is 3. The third-order valence-corrected chi connectivity index (χ3v) is 7.87. The molecule has 42 heavy (non-hydrogen) atoms. The highest BCUT2D eigenvalue weighted by Crippen LogP contribution is 2.32. The number of H-pyrrole nitrogens is 1. The highest BCUT2D eigenvalue weighted by atomic mass is 16.6. The van der Waals surface area contributed by atoms with Crippen LogP contribution in [0.1, 0.15) is 74.9 Å². The van der Waals surface area contributed by atoms with Gasteiger partial charge in [0.2, 0.25) is 0 Å². The van der Waals surface area contributed by atoms with Crippen LogP contribution in [0.15, 0.2) is 40.2 Å².